The largest absolute Gasteiger partial charge is 0.375 e. The van der Waals surface area contributed by atoms with Crippen molar-refractivity contribution in [2.24, 2.45) is 0 Å². The maximum absolute atomic E-state index is 6.03. The normalized spacial score (nSPS) is 20.9. The van der Waals surface area contributed by atoms with Crippen LogP contribution >= 0.6 is 23.4 Å². The van der Waals surface area contributed by atoms with E-state index in [0.717, 1.165) is 17.9 Å². The van der Waals surface area contributed by atoms with Crippen molar-refractivity contribution >= 4 is 30.6 Å². The third-order valence-corrected chi connectivity index (χ3v) is 4.67. The van der Waals surface area contributed by atoms with E-state index in [9.17, 15) is 0 Å². The van der Waals surface area contributed by atoms with Crippen LogP contribution in [0.3, 0.4) is 0 Å². The summed E-state index contributed by atoms with van der Waals surface area (Å²) in [5, 5.41) is 2.19. The van der Waals surface area contributed by atoms with Gasteiger partial charge >= 0.3 is 0 Å². The number of halogens is 1. The number of hydrogen-bond donors (Lipinski definition) is 0. The van der Waals surface area contributed by atoms with Crippen molar-refractivity contribution in [2.75, 3.05) is 13.0 Å². The van der Waals surface area contributed by atoms with Crippen LogP contribution in [0.2, 0.25) is 6.32 Å². The van der Waals surface area contributed by atoms with E-state index in [2.05, 4.69) is 24.5 Å². The van der Waals surface area contributed by atoms with E-state index >= 15 is 0 Å². The molecule has 86 valence electrons. The third kappa shape index (κ3) is 2.89. The smallest absolute Gasteiger partial charge is 0.146 e. The molecule has 0 bridgehead atoms. The fourth-order valence-corrected chi connectivity index (χ4v) is 3.40. The summed E-state index contributed by atoms with van der Waals surface area (Å²) in [4.78, 5) is 3.83. The standard InChI is InChI=1S/C12H17BClNS/c1-9-7-11(14)3-4-12(9)16-10(2)15-6-5-13-8-15/h7,13H,2-6,8H2,1H3. The van der Waals surface area contributed by atoms with Gasteiger partial charge in [-0.2, -0.15) is 0 Å². The predicted octanol–water partition coefficient (Wildman–Crippen LogP) is 3.51. The summed E-state index contributed by atoms with van der Waals surface area (Å²) in [6.45, 7) is 7.50. The highest BCUT2D eigenvalue weighted by atomic mass is 35.5. The molecule has 2 aliphatic rings. The summed E-state index contributed by atoms with van der Waals surface area (Å²) in [7, 11) is 1.31. The Morgan fingerprint density at radius 1 is 1.56 bits per heavy atom. The Bertz CT molecular complexity index is 356. The van der Waals surface area contributed by atoms with Crippen molar-refractivity contribution in [1.29, 1.82) is 0 Å². The van der Waals surface area contributed by atoms with Gasteiger partial charge in [0.15, 0.2) is 0 Å². The number of hydrogen-bond acceptors (Lipinski definition) is 2. The molecule has 1 saturated heterocycles. The van der Waals surface area contributed by atoms with Gasteiger partial charge < -0.3 is 4.90 Å². The molecule has 0 aromatic rings. The van der Waals surface area contributed by atoms with Crippen LogP contribution in [0.4, 0.5) is 0 Å². The van der Waals surface area contributed by atoms with Gasteiger partial charge in [-0.1, -0.05) is 36.3 Å². The average Bonchev–Trinajstić information content (AvgIpc) is 2.75. The minimum Gasteiger partial charge on any atom is -0.375 e. The second-order valence-electron chi connectivity index (χ2n) is 4.39. The van der Waals surface area contributed by atoms with Crippen molar-refractivity contribution in [3.63, 3.8) is 0 Å². The fraction of sp³-hybridized carbons (Fsp3) is 0.500. The molecule has 0 radical (unpaired) electrons. The highest BCUT2D eigenvalue weighted by Gasteiger charge is 2.17. The molecular formula is C12H17BClNS. The van der Waals surface area contributed by atoms with Gasteiger partial charge in [0.05, 0.1) is 5.03 Å². The maximum atomic E-state index is 6.03. The first kappa shape index (κ1) is 12.2. The first-order valence-corrected chi connectivity index (χ1v) is 7.04. The van der Waals surface area contributed by atoms with Crippen LogP contribution in [0.15, 0.2) is 33.2 Å². The van der Waals surface area contributed by atoms with E-state index in [1.54, 1.807) is 0 Å². The van der Waals surface area contributed by atoms with E-state index in [0.29, 0.717) is 0 Å². The van der Waals surface area contributed by atoms with Crippen LogP contribution in [-0.4, -0.2) is 25.2 Å². The fourth-order valence-electron chi connectivity index (χ4n) is 2.12. The van der Waals surface area contributed by atoms with Crippen LogP contribution in [0.5, 0.6) is 0 Å². The lowest BCUT2D eigenvalue weighted by atomic mass is 9.79. The molecule has 0 atom stereocenters. The van der Waals surface area contributed by atoms with Crippen LogP contribution in [0.25, 0.3) is 0 Å². The summed E-state index contributed by atoms with van der Waals surface area (Å²) >= 11 is 7.86. The summed E-state index contributed by atoms with van der Waals surface area (Å²) in [5.41, 5.74) is 1.31. The van der Waals surface area contributed by atoms with Gasteiger partial charge in [-0.3, -0.25) is 0 Å². The molecule has 1 fully saturated rings. The van der Waals surface area contributed by atoms with Crippen LogP contribution in [-0.2, 0) is 0 Å². The summed E-state index contributed by atoms with van der Waals surface area (Å²) in [5.74, 6) is 0. The summed E-state index contributed by atoms with van der Waals surface area (Å²) in [6.07, 6.45) is 6.62. The molecule has 1 heterocycles. The van der Waals surface area contributed by atoms with Gasteiger partial charge in [0, 0.05) is 11.6 Å². The van der Waals surface area contributed by atoms with Crippen LogP contribution in [0.1, 0.15) is 19.8 Å². The number of allylic oxidation sites excluding steroid dienone is 4. The Kier molecular flexibility index (Phi) is 4.09. The molecule has 16 heavy (non-hydrogen) atoms. The minimum absolute atomic E-state index is 0.980. The zero-order chi connectivity index (χ0) is 11.5. The molecule has 0 saturated carbocycles. The van der Waals surface area contributed by atoms with E-state index in [4.69, 9.17) is 11.6 Å². The number of nitrogens with zero attached hydrogens (tertiary/aromatic N) is 1. The average molecular weight is 254 g/mol. The predicted molar refractivity (Wildman–Crippen MR) is 76.1 cm³/mol. The molecule has 1 aliphatic heterocycles. The molecule has 0 unspecified atom stereocenters. The molecule has 4 heteroatoms. The molecule has 0 aromatic heterocycles. The van der Waals surface area contributed by atoms with Gasteiger partial charge in [-0.05, 0) is 42.8 Å². The van der Waals surface area contributed by atoms with Gasteiger partial charge in [-0.25, -0.2) is 0 Å². The SMILES string of the molecule is C=C(SC1=C(C)C=C(Cl)CC1)N1CBCC1. The lowest BCUT2D eigenvalue weighted by Crippen LogP contribution is -2.17. The number of rotatable bonds is 3. The quantitative estimate of drug-likeness (QED) is 0.708. The highest BCUT2D eigenvalue weighted by molar-refractivity contribution is 8.06. The van der Waals surface area contributed by atoms with Gasteiger partial charge in [-0.15, -0.1) is 0 Å². The Hall–Kier alpha value is -0.275. The first-order valence-electron chi connectivity index (χ1n) is 5.84. The van der Waals surface area contributed by atoms with Crippen LogP contribution < -0.4 is 0 Å². The molecule has 0 N–H and O–H groups in total. The molecule has 2 rings (SSSR count). The van der Waals surface area contributed by atoms with E-state index in [1.807, 2.05) is 11.8 Å². The second kappa shape index (κ2) is 5.37. The Morgan fingerprint density at radius 2 is 2.38 bits per heavy atom. The zero-order valence-corrected chi connectivity index (χ0v) is 11.3. The third-order valence-electron chi connectivity index (χ3n) is 3.10. The zero-order valence-electron chi connectivity index (χ0n) is 9.76. The molecule has 1 aliphatic carbocycles. The van der Waals surface area contributed by atoms with Crippen molar-refractivity contribution < 1.29 is 0 Å². The van der Waals surface area contributed by atoms with E-state index < -0.39 is 0 Å². The molecule has 0 amide bonds. The van der Waals surface area contributed by atoms with Gasteiger partial charge in [0.25, 0.3) is 0 Å². The lowest BCUT2D eigenvalue weighted by Gasteiger charge is -2.23. The first-order chi connectivity index (χ1) is 7.66. The maximum Gasteiger partial charge on any atom is 0.146 e. The van der Waals surface area contributed by atoms with E-state index in [1.165, 1.54) is 42.1 Å². The molecule has 0 spiro atoms. The topological polar surface area (TPSA) is 3.24 Å². The second-order valence-corrected chi connectivity index (χ2v) is 6.04. The Balaban J connectivity index is 1.99. The van der Waals surface area contributed by atoms with Crippen molar-refractivity contribution in [3.05, 3.63) is 33.2 Å². The van der Waals surface area contributed by atoms with E-state index in [-0.39, 0.29) is 0 Å². The molecule has 1 nitrogen and oxygen atoms in total. The summed E-state index contributed by atoms with van der Waals surface area (Å²) in [6, 6.07) is 0. The lowest BCUT2D eigenvalue weighted by molar-refractivity contribution is 0.477. The van der Waals surface area contributed by atoms with Gasteiger partial charge in [0.1, 0.15) is 7.28 Å². The van der Waals surface area contributed by atoms with Crippen molar-refractivity contribution in [1.82, 2.24) is 4.90 Å². The molecule has 0 aromatic carbocycles. The highest BCUT2D eigenvalue weighted by Crippen LogP contribution is 2.37. The Morgan fingerprint density at radius 3 is 3.00 bits per heavy atom. The van der Waals surface area contributed by atoms with Gasteiger partial charge in [0.2, 0.25) is 0 Å². The Labute approximate surface area is 108 Å². The van der Waals surface area contributed by atoms with Crippen molar-refractivity contribution in [2.45, 2.75) is 26.1 Å². The summed E-state index contributed by atoms with van der Waals surface area (Å²) < 4.78 is 0. The molecular weight excluding hydrogens is 236 g/mol. The minimum atomic E-state index is 0.980. The monoisotopic (exact) mass is 253 g/mol. The number of thioether (sulfide) groups is 1. The van der Waals surface area contributed by atoms with Crippen LogP contribution in [0, 0.1) is 0 Å². The van der Waals surface area contributed by atoms with Crippen molar-refractivity contribution in [3.8, 4) is 0 Å².